The molecule has 4 aromatic rings. The highest BCUT2D eigenvalue weighted by Crippen LogP contribution is 2.47. The molecule has 0 unspecified atom stereocenters. The van der Waals surface area contributed by atoms with Crippen molar-refractivity contribution < 1.29 is 33.6 Å². The third kappa shape index (κ3) is 4.63. The van der Waals surface area contributed by atoms with Crippen LogP contribution in [0.3, 0.4) is 0 Å². The minimum absolute atomic E-state index is 0.0902. The molecule has 1 aliphatic heterocycles. The van der Waals surface area contributed by atoms with Crippen molar-refractivity contribution in [1.82, 2.24) is 4.98 Å². The Morgan fingerprint density at radius 1 is 0.923 bits per heavy atom. The van der Waals surface area contributed by atoms with E-state index < -0.39 is 17.7 Å². The standard InChI is InChI=1S/C29H26N2O7S/c1-5-38-17-8-6-16(7-9-17)26(32)24-25(20-14-18(35-2)11-13-22(20)37-4)31(28(34)27(24)33)29-30-21-12-10-19(36-3)15-23(21)39-29/h6-15,25,32H,5H2,1-4H3/t25-/m0/s1. The number of hydrogen-bond acceptors (Lipinski definition) is 9. The lowest BCUT2D eigenvalue weighted by atomic mass is 9.94. The molecule has 1 aliphatic rings. The van der Waals surface area contributed by atoms with E-state index >= 15 is 0 Å². The molecule has 39 heavy (non-hydrogen) atoms. The average molecular weight is 547 g/mol. The minimum atomic E-state index is -1.04. The topological polar surface area (TPSA) is 107 Å². The summed E-state index contributed by atoms with van der Waals surface area (Å²) in [5.74, 6) is 0.180. The summed E-state index contributed by atoms with van der Waals surface area (Å²) in [6, 6.07) is 16.1. The predicted octanol–water partition coefficient (Wildman–Crippen LogP) is 5.35. The third-order valence-corrected chi connectivity index (χ3v) is 7.42. The van der Waals surface area contributed by atoms with Crippen molar-refractivity contribution in [3.63, 3.8) is 0 Å². The fourth-order valence-corrected chi connectivity index (χ4v) is 5.55. The maximum atomic E-state index is 13.6. The van der Waals surface area contributed by atoms with Crippen LogP contribution in [0.25, 0.3) is 16.0 Å². The summed E-state index contributed by atoms with van der Waals surface area (Å²) in [4.78, 5) is 33.1. The zero-order valence-electron chi connectivity index (χ0n) is 21.8. The summed E-state index contributed by atoms with van der Waals surface area (Å²) in [7, 11) is 4.58. The molecule has 1 fully saturated rings. The largest absolute Gasteiger partial charge is 0.507 e. The van der Waals surface area contributed by atoms with E-state index in [1.807, 2.05) is 13.0 Å². The number of carbonyl (C=O) groups is 2. The number of carbonyl (C=O) groups excluding carboxylic acids is 2. The van der Waals surface area contributed by atoms with Crippen molar-refractivity contribution in [2.75, 3.05) is 32.8 Å². The van der Waals surface area contributed by atoms with Gasteiger partial charge in [0.25, 0.3) is 5.78 Å². The maximum Gasteiger partial charge on any atom is 0.301 e. The molecule has 0 saturated carbocycles. The van der Waals surface area contributed by atoms with Crippen molar-refractivity contribution in [3.8, 4) is 23.0 Å². The molecule has 1 saturated heterocycles. The van der Waals surface area contributed by atoms with Crippen LogP contribution in [0, 0.1) is 0 Å². The molecule has 1 atom stereocenters. The van der Waals surface area contributed by atoms with E-state index in [1.165, 1.54) is 30.5 Å². The second-order valence-corrected chi connectivity index (χ2v) is 9.57. The molecular weight excluding hydrogens is 520 g/mol. The minimum Gasteiger partial charge on any atom is -0.507 e. The van der Waals surface area contributed by atoms with E-state index in [2.05, 4.69) is 4.98 Å². The number of amides is 1. The molecule has 9 nitrogen and oxygen atoms in total. The molecule has 0 aliphatic carbocycles. The number of fused-ring (bicyclic) bond motifs is 1. The number of aliphatic hydroxyl groups is 1. The number of hydrogen-bond donors (Lipinski definition) is 1. The smallest absolute Gasteiger partial charge is 0.301 e. The van der Waals surface area contributed by atoms with Gasteiger partial charge < -0.3 is 24.1 Å². The summed E-state index contributed by atoms with van der Waals surface area (Å²) in [5.41, 5.74) is 1.37. The van der Waals surface area contributed by atoms with Crippen LogP contribution >= 0.6 is 11.3 Å². The fraction of sp³-hybridized carbons (Fsp3) is 0.207. The van der Waals surface area contributed by atoms with Gasteiger partial charge in [0.2, 0.25) is 0 Å². The number of benzene rings is 3. The Bertz CT molecular complexity index is 1590. The number of rotatable bonds is 8. The van der Waals surface area contributed by atoms with Crippen LogP contribution in [0.2, 0.25) is 0 Å². The molecular formula is C29H26N2O7S. The molecule has 5 rings (SSSR count). The number of nitrogens with zero attached hydrogens (tertiary/aromatic N) is 2. The Morgan fingerprint density at radius 2 is 1.59 bits per heavy atom. The number of ketones is 1. The Balaban J connectivity index is 1.73. The van der Waals surface area contributed by atoms with E-state index in [0.717, 1.165) is 4.70 Å². The lowest BCUT2D eigenvalue weighted by Crippen LogP contribution is -2.29. The van der Waals surface area contributed by atoms with Crippen molar-refractivity contribution >= 4 is 44.1 Å². The van der Waals surface area contributed by atoms with E-state index in [0.29, 0.717) is 51.4 Å². The number of aromatic nitrogens is 1. The summed E-state index contributed by atoms with van der Waals surface area (Å²) in [5, 5.41) is 11.7. The van der Waals surface area contributed by atoms with Crippen LogP contribution in [0.4, 0.5) is 5.13 Å². The van der Waals surface area contributed by atoms with Crippen LogP contribution in [0.15, 0.2) is 66.2 Å². The van der Waals surface area contributed by atoms with Gasteiger partial charge in [-0.2, -0.15) is 0 Å². The predicted molar refractivity (Wildman–Crippen MR) is 148 cm³/mol. The first kappa shape index (κ1) is 26.1. The van der Waals surface area contributed by atoms with Gasteiger partial charge in [0.05, 0.1) is 43.7 Å². The van der Waals surface area contributed by atoms with Gasteiger partial charge in [-0.3, -0.25) is 14.5 Å². The highest BCUT2D eigenvalue weighted by atomic mass is 32.1. The molecule has 0 radical (unpaired) electrons. The summed E-state index contributed by atoms with van der Waals surface area (Å²) >= 11 is 1.24. The highest BCUT2D eigenvalue weighted by Gasteiger charge is 2.49. The molecule has 1 amide bonds. The summed E-state index contributed by atoms with van der Waals surface area (Å²) in [6.45, 7) is 2.36. The molecule has 0 spiro atoms. The molecule has 1 N–H and O–H groups in total. The quantitative estimate of drug-likeness (QED) is 0.179. The monoisotopic (exact) mass is 546 g/mol. The molecule has 10 heteroatoms. The van der Waals surface area contributed by atoms with Gasteiger partial charge in [-0.1, -0.05) is 11.3 Å². The van der Waals surface area contributed by atoms with Crippen LogP contribution < -0.4 is 23.8 Å². The lowest BCUT2D eigenvalue weighted by molar-refractivity contribution is -0.132. The third-order valence-electron chi connectivity index (χ3n) is 6.41. The fourth-order valence-electron chi connectivity index (χ4n) is 4.53. The zero-order valence-corrected chi connectivity index (χ0v) is 22.6. The molecule has 1 aromatic heterocycles. The number of Topliss-reactive ketones (excluding diaryl/α,β-unsaturated/α-hetero) is 1. The number of thiazole rings is 1. The number of anilines is 1. The number of aliphatic hydroxyl groups excluding tert-OH is 1. The zero-order chi connectivity index (χ0) is 27.7. The normalized spacial score (nSPS) is 16.5. The van der Waals surface area contributed by atoms with E-state index in [4.69, 9.17) is 18.9 Å². The van der Waals surface area contributed by atoms with Crippen molar-refractivity contribution in [2.24, 2.45) is 0 Å². The second kappa shape index (κ2) is 10.7. The van der Waals surface area contributed by atoms with Gasteiger partial charge in [-0.25, -0.2) is 4.98 Å². The highest BCUT2D eigenvalue weighted by molar-refractivity contribution is 7.22. The van der Waals surface area contributed by atoms with Crippen molar-refractivity contribution in [3.05, 3.63) is 77.4 Å². The number of ether oxygens (including phenoxy) is 4. The van der Waals surface area contributed by atoms with Crippen LogP contribution in [0.1, 0.15) is 24.1 Å². The summed E-state index contributed by atoms with van der Waals surface area (Å²) < 4.78 is 22.7. The van der Waals surface area contributed by atoms with Gasteiger partial charge in [-0.05, 0) is 67.6 Å². The summed E-state index contributed by atoms with van der Waals surface area (Å²) in [6.07, 6.45) is 0. The first-order valence-corrected chi connectivity index (χ1v) is 12.9. The molecule has 2 heterocycles. The molecule has 200 valence electrons. The van der Waals surface area contributed by atoms with Gasteiger partial charge >= 0.3 is 5.91 Å². The van der Waals surface area contributed by atoms with E-state index in [9.17, 15) is 14.7 Å². The van der Waals surface area contributed by atoms with Crippen molar-refractivity contribution in [1.29, 1.82) is 0 Å². The van der Waals surface area contributed by atoms with E-state index in [-0.39, 0.29) is 11.3 Å². The second-order valence-electron chi connectivity index (χ2n) is 8.56. The number of methoxy groups -OCH3 is 3. The first-order valence-electron chi connectivity index (χ1n) is 12.1. The van der Waals surface area contributed by atoms with Gasteiger partial charge in [0.1, 0.15) is 34.8 Å². The first-order chi connectivity index (χ1) is 18.9. The maximum absolute atomic E-state index is 13.6. The Labute approximate surface area is 228 Å². The van der Waals surface area contributed by atoms with Crippen molar-refractivity contribution in [2.45, 2.75) is 13.0 Å². The Morgan fingerprint density at radius 3 is 2.26 bits per heavy atom. The van der Waals surface area contributed by atoms with Crippen LogP contribution in [-0.4, -0.2) is 49.7 Å². The van der Waals surface area contributed by atoms with Gasteiger partial charge in [0, 0.05) is 11.1 Å². The lowest BCUT2D eigenvalue weighted by Gasteiger charge is -2.25. The van der Waals surface area contributed by atoms with Crippen LogP contribution in [0.5, 0.6) is 23.0 Å². The average Bonchev–Trinajstić information content (AvgIpc) is 3.50. The SMILES string of the molecule is CCOc1ccc(C(O)=C2C(=O)C(=O)N(c3nc4ccc(OC)cc4s3)[C@H]2c2cc(OC)ccc2OC)cc1. The molecule has 3 aromatic carbocycles. The Kier molecular flexibility index (Phi) is 7.12. The van der Waals surface area contributed by atoms with Gasteiger partial charge in [0.15, 0.2) is 5.13 Å². The van der Waals surface area contributed by atoms with Crippen LogP contribution in [-0.2, 0) is 9.59 Å². The van der Waals surface area contributed by atoms with Gasteiger partial charge in [-0.15, -0.1) is 0 Å². The molecule has 0 bridgehead atoms. The Hall–Kier alpha value is -4.57. The van der Waals surface area contributed by atoms with E-state index in [1.54, 1.807) is 61.7 Å².